The third kappa shape index (κ3) is 5.01. The van der Waals surface area contributed by atoms with Crippen LogP contribution in [0.25, 0.3) is 10.8 Å². The van der Waals surface area contributed by atoms with E-state index >= 15 is 0 Å². The van der Waals surface area contributed by atoms with Crippen molar-refractivity contribution in [2.24, 2.45) is 0 Å². The molecule has 0 radical (unpaired) electrons. The van der Waals surface area contributed by atoms with Crippen LogP contribution >= 0.6 is 0 Å². The summed E-state index contributed by atoms with van der Waals surface area (Å²) in [6.07, 6.45) is 0. The number of hydrogen-bond acceptors (Lipinski definition) is 5. The van der Waals surface area contributed by atoms with Gasteiger partial charge in [0, 0.05) is 25.3 Å². The molecule has 0 aromatic heterocycles. The van der Waals surface area contributed by atoms with Gasteiger partial charge in [0.1, 0.15) is 6.04 Å². The molecule has 37 heavy (non-hydrogen) atoms. The van der Waals surface area contributed by atoms with Crippen molar-refractivity contribution in [1.82, 2.24) is 8.61 Å². The van der Waals surface area contributed by atoms with Crippen molar-refractivity contribution in [3.8, 4) is 0 Å². The summed E-state index contributed by atoms with van der Waals surface area (Å²) in [7, 11) is -8.00. The van der Waals surface area contributed by atoms with Gasteiger partial charge < -0.3 is 5.32 Å². The second-order valence-corrected chi connectivity index (χ2v) is 12.5. The quantitative estimate of drug-likeness (QED) is 0.407. The van der Waals surface area contributed by atoms with Gasteiger partial charge in [0.05, 0.1) is 9.79 Å². The zero-order valence-corrected chi connectivity index (χ0v) is 21.4. The molecule has 1 amide bonds. The molecule has 0 spiro atoms. The fourth-order valence-electron chi connectivity index (χ4n) is 4.42. The highest BCUT2D eigenvalue weighted by Gasteiger charge is 2.43. The largest absolute Gasteiger partial charge is 0.325 e. The van der Waals surface area contributed by atoms with Crippen LogP contribution in [0.3, 0.4) is 0 Å². The Kier molecular flexibility index (Phi) is 6.82. The summed E-state index contributed by atoms with van der Waals surface area (Å²) >= 11 is 0. The van der Waals surface area contributed by atoms with E-state index in [1.54, 1.807) is 48.5 Å². The number of carbonyl (C=O) groups excluding carboxylic acids is 1. The maximum absolute atomic E-state index is 13.6. The maximum atomic E-state index is 13.6. The highest BCUT2D eigenvalue weighted by atomic mass is 32.2. The lowest BCUT2D eigenvalue weighted by molar-refractivity contribution is -0.120. The average Bonchev–Trinajstić information content (AvgIpc) is 2.93. The molecule has 1 heterocycles. The van der Waals surface area contributed by atoms with Crippen molar-refractivity contribution in [3.63, 3.8) is 0 Å². The molecule has 1 fully saturated rings. The van der Waals surface area contributed by atoms with Gasteiger partial charge in [0.25, 0.3) is 0 Å². The first kappa shape index (κ1) is 25.1. The number of hydrogen-bond donors (Lipinski definition) is 1. The van der Waals surface area contributed by atoms with Gasteiger partial charge in [-0.05, 0) is 47.2 Å². The van der Waals surface area contributed by atoms with Crippen LogP contribution in [-0.2, 0) is 24.8 Å². The minimum Gasteiger partial charge on any atom is -0.325 e. The molecule has 1 aliphatic rings. The normalized spacial score (nSPS) is 17.5. The summed E-state index contributed by atoms with van der Waals surface area (Å²) < 4.78 is 56.0. The number of nitrogens with zero attached hydrogens (tertiary/aromatic N) is 2. The third-order valence-corrected chi connectivity index (χ3v) is 10.1. The molecular formula is C27H25N3O5S2. The Labute approximate surface area is 216 Å². The molecule has 4 aromatic rings. The van der Waals surface area contributed by atoms with E-state index in [1.165, 1.54) is 28.6 Å². The van der Waals surface area contributed by atoms with Gasteiger partial charge in [0.15, 0.2) is 0 Å². The van der Waals surface area contributed by atoms with Crippen LogP contribution in [0.5, 0.6) is 0 Å². The smallest absolute Gasteiger partial charge is 0.244 e. The van der Waals surface area contributed by atoms with E-state index in [1.807, 2.05) is 30.3 Å². The lowest BCUT2D eigenvalue weighted by Crippen LogP contribution is -2.60. The second-order valence-electron chi connectivity index (χ2n) is 8.67. The van der Waals surface area contributed by atoms with Crippen molar-refractivity contribution in [1.29, 1.82) is 0 Å². The maximum Gasteiger partial charge on any atom is 0.244 e. The van der Waals surface area contributed by atoms with Crippen LogP contribution in [0.4, 0.5) is 5.69 Å². The number of rotatable bonds is 6. The zero-order chi connectivity index (χ0) is 26.0. The Hall–Kier alpha value is -3.57. The summed E-state index contributed by atoms with van der Waals surface area (Å²) in [6, 6.07) is 27.5. The van der Waals surface area contributed by atoms with E-state index in [2.05, 4.69) is 5.32 Å². The molecule has 1 atom stereocenters. The van der Waals surface area contributed by atoms with E-state index in [4.69, 9.17) is 0 Å². The highest BCUT2D eigenvalue weighted by molar-refractivity contribution is 7.89. The Bertz CT molecular complexity index is 1640. The summed E-state index contributed by atoms with van der Waals surface area (Å²) in [5, 5.41) is 4.70. The van der Waals surface area contributed by atoms with E-state index in [-0.39, 0.29) is 29.4 Å². The topological polar surface area (TPSA) is 104 Å². The molecule has 0 aliphatic carbocycles. The summed E-state index contributed by atoms with van der Waals surface area (Å²) in [5.74, 6) is -0.609. The first-order chi connectivity index (χ1) is 17.8. The zero-order valence-electron chi connectivity index (χ0n) is 19.8. The van der Waals surface area contributed by atoms with Crippen molar-refractivity contribution < 1.29 is 21.6 Å². The molecule has 0 bridgehead atoms. The summed E-state index contributed by atoms with van der Waals surface area (Å²) in [5.41, 5.74) is 0.490. The van der Waals surface area contributed by atoms with Gasteiger partial charge >= 0.3 is 0 Å². The first-order valence-electron chi connectivity index (χ1n) is 11.7. The van der Waals surface area contributed by atoms with E-state index in [0.717, 1.165) is 15.1 Å². The Balaban J connectivity index is 1.49. The highest BCUT2D eigenvalue weighted by Crippen LogP contribution is 2.27. The lowest BCUT2D eigenvalue weighted by atomic mass is 10.1. The fraction of sp³-hybridized carbons (Fsp3) is 0.148. The molecule has 4 aromatic carbocycles. The predicted molar refractivity (Wildman–Crippen MR) is 142 cm³/mol. The van der Waals surface area contributed by atoms with E-state index in [9.17, 15) is 21.6 Å². The number of nitrogens with one attached hydrogen (secondary N) is 1. The Morgan fingerprint density at radius 3 is 1.89 bits per heavy atom. The van der Waals surface area contributed by atoms with Crippen LogP contribution in [0.15, 0.2) is 113 Å². The number of anilines is 1. The lowest BCUT2D eigenvalue weighted by Gasteiger charge is -2.38. The Morgan fingerprint density at radius 1 is 0.676 bits per heavy atom. The van der Waals surface area contributed by atoms with Crippen molar-refractivity contribution in [2.75, 3.05) is 25.0 Å². The number of piperazine rings is 1. The Morgan fingerprint density at radius 2 is 1.24 bits per heavy atom. The number of amides is 1. The number of carbonyl (C=O) groups is 1. The molecule has 190 valence electrons. The van der Waals surface area contributed by atoms with Crippen LogP contribution in [-0.4, -0.2) is 57.0 Å². The summed E-state index contributed by atoms with van der Waals surface area (Å²) in [4.78, 5) is 13.7. The van der Waals surface area contributed by atoms with E-state index < -0.39 is 32.0 Å². The molecule has 1 unspecified atom stereocenters. The number of fused-ring (bicyclic) bond motifs is 1. The molecule has 1 saturated heterocycles. The molecule has 0 saturated carbocycles. The van der Waals surface area contributed by atoms with Gasteiger partial charge in [-0.2, -0.15) is 8.61 Å². The van der Waals surface area contributed by atoms with Crippen LogP contribution in [0.1, 0.15) is 0 Å². The molecule has 10 heteroatoms. The molecule has 5 rings (SSSR count). The second kappa shape index (κ2) is 10.1. The molecule has 1 aliphatic heterocycles. The monoisotopic (exact) mass is 535 g/mol. The van der Waals surface area contributed by atoms with Gasteiger partial charge in [-0.15, -0.1) is 0 Å². The minimum absolute atomic E-state index is 0.0397. The number of sulfonamides is 2. The van der Waals surface area contributed by atoms with E-state index in [0.29, 0.717) is 5.69 Å². The first-order valence-corrected chi connectivity index (χ1v) is 14.6. The predicted octanol–water partition coefficient (Wildman–Crippen LogP) is 3.54. The van der Waals surface area contributed by atoms with Crippen LogP contribution in [0, 0.1) is 0 Å². The van der Waals surface area contributed by atoms with Gasteiger partial charge in [0.2, 0.25) is 26.0 Å². The molecule has 8 nitrogen and oxygen atoms in total. The van der Waals surface area contributed by atoms with Crippen LogP contribution < -0.4 is 5.32 Å². The van der Waals surface area contributed by atoms with Gasteiger partial charge in [-0.1, -0.05) is 66.7 Å². The fourth-order valence-corrected chi connectivity index (χ4v) is 7.47. The molecular weight excluding hydrogens is 510 g/mol. The third-order valence-electron chi connectivity index (χ3n) is 6.34. The minimum atomic E-state index is -4.07. The summed E-state index contributed by atoms with van der Waals surface area (Å²) in [6.45, 7) is -0.565. The van der Waals surface area contributed by atoms with Crippen molar-refractivity contribution in [2.45, 2.75) is 15.8 Å². The van der Waals surface area contributed by atoms with Gasteiger partial charge in [-0.25, -0.2) is 16.8 Å². The van der Waals surface area contributed by atoms with Crippen molar-refractivity contribution in [3.05, 3.63) is 103 Å². The number of benzene rings is 4. The van der Waals surface area contributed by atoms with Crippen molar-refractivity contribution >= 4 is 42.4 Å². The standard InChI is InChI=1S/C27H25N3O5S2/c31-27(28-23-16-15-21-9-7-8-10-22(21)19-23)26-20-29(36(32,33)24-11-3-1-4-12-24)17-18-30(26)37(34,35)25-13-5-2-6-14-25/h1-16,19,26H,17-18,20H2,(H,28,31). The molecule has 1 N–H and O–H groups in total. The van der Waals surface area contributed by atoms with Crippen LogP contribution in [0.2, 0.25) is 0 Å². The SMILES string of the molecule is O=C(Nc1ccc2ccccc2c1)C1CN(S(=O)(=O)c2ccccc2)CCN1S(=O)(=O)c1ccccc1. The van der Waals surface area contributed by atoms with Gasteiger partial charge in [-0.3, -0.25) is 4.79 Å². The average molecular weight is 536 g/mol.